The van der Waals surface area contributed by atoms with Crippen molar-refractivity contribution in [3.8, 4) is 0 Å². The molecule has 0 radical (unpaired) electrons. The summed E-state index contributed by atoms with van der Waals surface area (Å²) in [4.78, 5) is 0. The quantitative estimate of drug-likeness (QED) is 0.236. The molecule has 0 aliphatic rings. The topological polar surface area (TPSA) is 77.4 Å². The zero-order valence-corrected chi connectivity index (χ0v) is 19.7. The second-order valence-electron chi connectivity index (χ2n) is 7.08. The number of aliphatic hydroxyl groups excluding tert-OH is 1. The van der Waals surface area contributed by atoms with Crippen molar-refractivity contribution in [2.75, 3.05) is 0 Å². The molecule has 146 valence electrons. The first kappa shape index (κ1) is 28.1. The van der Waals surface area contributed by atoms with Crippen LogP contribution in [0.5, 0.6) is 0 Å². The van der Waals surface area contributed by atoms with E-state index in [9.17, 15) is 18.1 Å². The van der Waals surface area contributed by atoms with Crippen LogP contribution in [0.2, 0.25) is 0 Å². The molecule has 0 fully saturated rings. The molecule has 0 aliphatic carbocycles. The number of rotatable bonds is 17. The largest absolute Gasteiger partial charge is 1.00 e. The van der Waals surface area contributed by atoms with Gasteiger partial charge in [-0.2, -0.15) is 0 Å². The van der Waals surface area contributed by atoms with Gasteiger partial charge in [-0.05, 0) is 32.1 Å². The first-order valence-corrected chi connectivity index (χ1v) is 11.5. The van der Waals surface area contributed by atoms with Crippen LogP contribution in [-0.4, -0.2) is 29.4 Å². The molecular formula is C19H39NaO4S. The summed E-state index contributed by atoms with van der Waals surface area (Å²) in [5.41, 5.74) is 0. The summed E-state index contributed by atoms with van der Waals surface area (Å²) in [6.07, 6.45) is 15.2. The average molecular weight is 387 g/mol. The van der Waals surface area contributed by atoms with E-state index in [1.165, 1.54) is 57.8 Å². The molecule has 1 N–H and O–H groups in total. The Bertz CT molecular complexity index is 374. The molecule has 0 bridgehead atoms. The van der Waals surface area contributed by atoms with E-state index in [4.69, 9.17) is 0 Å². The van der Waals surface area contributed by atoms with Crippen molar-refractivity contribution in [1.29, 1.82) is 0 Å². The van der Waals surface area contributed by atoms with E-state index in [1.807, 2.05) is 0 Å². The fourth-order valence-electron chi connectivity index (χ4n) is 3.15. The number of hydrogen-bond acceptors (Lipinski definition) is 4. The van der Waals surface area contributed by atoms with Gasteiger partial charge < -0.3 is 9.66 Å². The third kappa shape index (κ3) is 18.0. The third-order valence-corrected chi connectivity index (χ3v) is 6.20. The second-order valence-corrected chi connectivity index (χ2v) is 8.73. The SMILES string of the molecule is CCCCCCCCCCCCC(O)CCCC(CC)S(=O)(=O)[O-].[Na+]. The Morgan fingerprint density at radius 2 is 1.20 bits per heavy atom. The van der Waals surface area contributed by atoms with E-state index < -0.39 is 15.4 Å². The number of unbranched alkanes of at least 4 members (excludes halogenated alkanes) is 9. The van der Waals surface area contributed by atoms with Crippen molar-refractivity contribution >= 4 is 10.1 Å². The summed E-state index contributed by atoms with van der Waals surface area (Å²) in [5.74, 6) is 0. The molecule has 6 heteroatoms. The molecule has 0 saturated heterocycles. The molecule has 0 aromatic rings. The Labute approximate surface area is 178 Å². The molecular weight excluding hydrogens is 347 g/mol. The van der Waals surface area contributed by atoms with Crippen LogP contribution < -0.4 is 29.6 Å². The maximum Gasteiger partial charge on any atom is 1.00 e. The van der Waals surface area contributed by atoms with Crippen LogP contribution in [0.3, 0.4) is 0 Å². The molecule has 0 aromatic heterocycles. The Hall–Kier alpha value is 0.870. The van der Waals surface area contributed by atoms with Gasteiger partial charge in [0.2, 0.25) is 0 Å². The molecule has 2 atom stereocenters. The van der Waals surface area contributed by atoms with Crippen LogP contribution in [0.25, 0.3) is 0 Å². The first-order chi connectivity index (χ1) is 11.4. The summed E-state index contributed by atoms with van der Waals surface area (Å²) < 4.78 is 33.0. The van der Waals surface area contributed by atoms with Gasteiger partial charge in [-0.15, -0.1) is 0 Å². The van der Waals surface area contributed by atoms with Crippen molar-refractivity contribution in [2.24, 2.45) is 0 Å². The van der Waals surface area contributed by atoms with Crippen LogP contribution in [0.4, 0.5) is 0 Å². The van der Waals surface area contributed by atoms with E-state index in [-0.39, 0.29) is 35.7 Å². The fraction of sp³-hybridized carbons (Fsp3) is 1.00. The fourth-order valence-corrected chi connectivity index (χ4v) is 4.01. The van der Waals surface area contributed by atoms with Gasteiger partial charge in [0, 0.05) is 5.25 Å². The predicted molar refractivity (Wildman–Crippen MR) is 100 cm³/mol. The van der Waals surface area contributed by atoms with E-state index in [2.05, 4.69) is 6.92 Å². The van der Waals surface area contributed by atoms with Crippen molar-refractivity contribution in [3.63, 3.8) is 0 Å². The maximum atomic E-state index is 11.0. The van der Waals surface area contributed by atoms with Crippen LogP contribution in [0.15, 0.2) is 0 Å². The normalized spacial score (nSPS) is 14.1. The molecule has 2 unspecified atom stereocenters. The number of hydrogen-bond donors (Lipinski definition) is 1. The monoisotopic (exact) mass is 386 g/mol. The number of aliphatic hydroxyl groups is 1. The smallest absolute Gasteiger partial charge is 0.748 e. The summed E-state index contributed by atoms with van der Waals surface area (Å²) >= 11 is 0. The van der Waals surface area contributed by atoms with Crippen molar-refractivity contribution < 1.29 is 47.6 Å². The van der Waals surface area contributed by atoms with E-state index in [1.54, 1.807) is 6.92 Å². The zero-order chi connectivity index (χ0) is 18.3. The summed E-state index contributed by atoms with van der Waals surface area (Å²) in [7, 11) is -4.18. The van der Waals surface area contributed by atoms with Gasteiger partial charge >= 0.3 is 29.6 Å². The van der Waals surface area contributed by atoms with E-state index in [0.717, 1.165) is 12.8 Å². The summed E-state index contributed by atoms with van der Waals surface area (Å²) in [6.45, 7) is 3.96. The molecule has 0 aromatic carbocycles. The van der Waals surface area contributed by atoms with Gasteiger partial charge in [0.25, 0.3) is 0 Å². The van der Waals surface area contributed by atoms with Gasteiger partial charge in [0.15, 0.2) is 0 Å². The van der Waals surface area contributed by atoms with E-state index in [0.29, 0.717) is 25.7 Å². The average Bonchev–Trinajstić information content (AvgIpc) is 2.52. The third-order valence-electron chi connectivity index (χ3n) is 4.82. The maximum absolute atomic E-state index is 11.0. The van der Waals surface area contributed by atoms with Crippen LogP contribution in [0.1, 0.15) is 110 Å². The van der Waals surface area contributed by atoms with Gasteiger partial charge in [-0.3, -0.25) is 0 Å². The van der Waals surface area contributed by atoms with Gasteiger partial charge in [-0.25, -0.2) is 8.42 Å². The van der Waals surface area contributed by atoms with Gasteiger partial charge in [-0.1, -0.05) is 78.1 Å². The summed E-state index contributed by atoms with van der Waals surface area (Å²) in [6, 6.07) is 0. The molecule has 0 aliphatic heterocycles. The van der Waals surface area contributed by atoms with Crippen LogP contribution in [0, 0.1) is 0 Å². The molecule has 4 nitrogen and oxygen atoms in total. The molecule has 25 heavy (non-hydrogen) atoms. The van der Waals surface area contributed by atoms with E-state index >= 15 is 0 Å². The Kier molecular flexibility index (Phi) is 20.5. The molecule has 0 heterocycles. The molecule has 0 rings (SSSR count). The van der Waals surface area contributed by atoms with Crippen molar-refractivity contribution in [2.45, 2.75) is 122 Å². The first-order valence-electron chi connectivity index (χ1n) is 10.0. The van der Waals surface area contributed by atoms with Gasteiger partial charge in [0.1, 0.15) is 0 Å². The standard InChI is InChI=1S/C19H40O4S.Na/c1-3-5-6-7-8-9-10-11-12-13-15-18(20)16-14-17-19(4-2)24(21,22)23;/h18-20H,3-17H2,1-2H3,(H,21,22,23);/q;+1/p-1. The zero-order valence-electron chi connectivity index (χ0n) is 16.8. The second kappa shape index (κ2) is 18.2. The molecule has 0 amide bonds. The van der Waals surface area contributed by atoms with Crippen molar-refractivity contribution in [3.05, 3.63) is 0 Å². The Balaban J connectivity index is 0. The predicted octanol–water partition coefficient (Wildman–Crippen LogP) is 2.16. The molecule has 0 saturated carbocycles. The van der Waals surface area contributed by atoms with Crippen LogP contribution in [-0.2, 0) is 10.1 Å². The Morgan fingerprint density at radius 3 is 1.64 bits per heavy atom. The summed E-state index contributed by atoms with van der Waals surface area (Å²) in [5, 5.41) is 9.14. The minimum Gasteiger partial charge on any atom is -0.748 e. The minimum atomic E-state index is -4.18. The van der Waals surface area contributed by atoms with Gasteiger partial charge in [0.05, 0.1) is 16.2 Å². The van der Waals surface area contributed by atoms with Crippen LogP contribution >= 0.6 is 0 Å². The van der Waals surface area contributed by atoms with Crippen molar-refractivity contribution in [1.82, 2.24) is 0 Å². The molecule has 0 spiro atoms. The minimum absolute atomic E-state index is 0. The Morgan fingerprint density at radius 1 is 0.760 bits per heavy atom.